The fraction of sp³-hybridized carbons (Fsp3) is 0.300. The topological polar surface area (TPSA) is 78.7 Å². The number of hydrogen-bond donors (Lipinski definition) is 0. The molecule has 0 heterocycles. The lowest BCUT2D eigenvalue weighted by molar-refractivity contribution is -0.387. The highest BCUT2D eigenvalue weighted by Gasteiger charge is 2.44. The molecule has 19 heavy (non-hydrogen) atoms. The zero-order valence-corrected chi connectivity index (χ0v) is 9.56. The number of ether oxygens (including phenoxy) is 2. The van der Waals surface area contributed by atoms with E-state index in [9.17, 15) is 28.1 Å². The molecule has 6 nitrogen and oxygen atoms in total. The molecule has 0 atom stereocenters. The predicted octanol–water partition coefficient (Wildman–Crippen LogP) is 2.27. The quantitative estimate of drug-likeness (QED) is 0.469. The van der Waals surface area contributed by atoms with Gasteiger partial charge in [0.05, 0.1) is 11.5 Å². The molecule has 0 amide bonds. The highest BCUT2D eigenvalue weighted by atomic mass is 19.3. The van der Waals surface area contributed by atoms with Gasteiger partial charge in [-0.1, -0.05) is 0 Å². The van der Waals surface area contributed by atoms with E-state index < -0.39 is 34.3 Å². The molecule has 0 aliphatic carbocycles. The summed E-state index contributed by atoms with van der Waals surface area (Å²) in [4.78, 5) is 20.1. The van der Waals surface area contributed by atoms with E-state index in [-0.39, 0.29) is 6.61 Å². The lowest BCUT2D eigenvalue weighted by Crippen LogP contribution is -2.36. The highest BCUT2D eigenvalue weighted by Crippen LogP contribution is 2.27. The number of nitrogens with zero attached hydrogens (tertiary/aromatic N) is 1. The summed E-state index contributed by atoms with van der Waals surface area (Å²) >= 11 is 0. The van der Waals surface area contributed by atoms with Gasteiger partial charge in [0.25, 0.3) is 0 Å². The molecule has 0 spiro atoms. The molecule has 0 fully saturated rings. The van der Waals surface area contributed by atoms with Crippen molar-refractivity contribution in [3.8, 4) is 5.75 Å². The molecular weight excluding hydrogens is 271 g/mol. The van der Waals surface area contributed by atoms with Gasteiger partial charge in [-0.2, -0.15) is 13.2 Å². The van der Waals surface area contributed by atoms with Crippen LogP contribution in [0.25, 0.3) is 0 Å². The number of carbonyl (C=O) groups excluding carboxylic acids is 1. The van der Waals surface area contributed by atoms with Crippen LogP contribution in [-0.4, -0.2) is 23.6 Å². The van der Waals surface area contributed by atoms with Gasteiger partial charge in [0.2, 0.25) is 5.82 Å². The number of benzene rings is 1. The minimum absolute atomic E-state index is 0.285. The van der Waals surface area contributed by atoms with Crippen LogP contribution in [0.3, 0.4) is 0 Å². The highest BCUT2D eigenvalue weighted by molar-refractivity contribution is 5.76. The molecule has 0 saturated heterocycles. The van der Waals surface area contributed by atoms with Crippen molar-refractivity contribution >= 4 is 11.7 Å². The van der Waals surface area contributed by atoms with Crippen LogP contribution in [-0.2, 0) is 9.53 Å². The lowest BCUT2D eigenvalue weighted by Gasteiger charge is -2.15. The monoisotopic (exact) mass is 279 g/mol. The largest absolute Gasteiger partial charge is 0.502 e. The van der Waals surface area contributed by atoms with Crippen LogP contribution in [0.15, 0.2) is 18.2 Å². The molecule has 0 saturated carbocycles. The number of rotatable bonds is 5. The third-order valence-corrected chi connectivity index (χ3v) is 1.87. The van der Waals surface area contributed by atoms with Crippen molar-refractivity contribution in [3.05, 3.63) is 34.1 Å². The van der Waals surface area contributed by atoms with Crippen molar-refractivity contribution < 1.29 is 32.4 Å². The second kappa shape index (κ2) is 5.55. The van der Waals surface area contributed by atoms with E-state index in [1.54, 1.807) is 0 Å². The van der Waals surface area contributed by atoms with Gasteiger partial charge in [-0.3, -0.25) is 10.1 Å². The summed E-state index contributed by atoms with van der Waals surface area (Å²) in [6, 6.07) is 1.77. The van der Waals surface area contributed by atoms with Crippen molar-refractivity contribution in [1.82, 2.24) is 0 Å². The Morgan fingerprint density at radius 3 is 2.58 bits per heavy atom. The zero-order chi connectivity index (χ0) is 14.6. The second-order valence-electron chi connectivity index (χ2n) is 3.21. The minimum Gasteiger partial charge on any atom is -0.459 e. The fourth-order valence-electron chi connectivity index (χ4n) is 1.10. The summed E-state index contributed by atoms with van der Waals surface area (Å²) in [5.74, 6) is -4.03. The maximum Gasteiger partial charge on any atom is 0.502 e. The second-order valence-corrected chi connectivity index (χ2v) is 3.21. The number of halogens is 3. The number of hydrogen-bond acceptors (Lipinski definition) is 5. The van der Waals surface area contributed by atoms with E-state index in [4.69, 9.17) is 0 Å². The average Bonchev–Trinajstić information content (AvgIpc) is 2.28. The molecular formula is C10H8F3NO5. The van der Waals surface area contributed by atoms with Crippen LogP contribution in [0, 0.1) is 15.9 Å². The van der Waals surface area contributed by atoms with Crippen molar-refractivity contribution in [2.24, 2.45) is 0 Å². The molecule has 1 rings (SSSR count). The first-order valence-corrected chi connectivity index (χ1v) is 4.96. The van der Waals surface area contributed by atoms with Crippen LogP contribution >= 0.6 is 0 Å². The molecule has 9 heteroatoms. The first kappa shape index (κ1) is 14.7. The molecule has 104 valence electrons. The molecule has 0 aliphatic rings. The SMILES string of the molecule is CCOC(=O)C(F)(F)Oc1ccc([N+](=O)[O-])c(F)c1. The summed E-state index contributed by atoms with van der Waals surface area (Å²) < 4.78 is 47.4. The Morgan fingerprint density at radius 2 is 2.11 bits per heavy atom. The van der Waals surface area contributed by atoms with Gasteiger partial charge in [-0.25, -0.2) is 4.79 Å². The van der Waals surface area contributed by atoms with E-state index in [1.165, 1.54) is 6.92 Å². The number of esters is 1. The Morgan fingerprint density at radius 1 is 1.47 bits per heavy atom. The Labute approximate surface area is 104 Å². The van der Waals surface area contributed by atoms with Crippen LogP contribution in [0.4, 0.5) is 18.9 Å². The van der Waals surface area contributed by atoms with Crippen LogP contribution in [0.5, 0.6) is 5.75 Å². The number of carbonyl (C=O) groups is 1. The Hall–Kier alpha value is -2.32. The minimum atomic E-state index is -4.31. The summed E-state index contributed by atoms with van der Waals surface area (Å²) in [5, 5.41) is 10.3. The molecule has 0 bridgehead atoms. The summed E-state index contributed by atoms with van der Waals surface area (Å²) in [6.45, 7) is 1.03. The smallest absolute Gasteiger partial charge is 0.459 e. The van der Waals surface area contributed by atoms with Gasteiger partial charge in [-0.15, -0.1) is 0 Å². The van der Waals surface area contributed by atoms with Gasteiger partial charge in [0.15, 0.2) is 0 Å². The van der Waals surface area contributed by atoms with Crippen LogP contribution in [0.2, 0.25) is 0 Å². The number of nitro groups is 1. The first-order valence-electron chi connectivity index (χ1n) is 4.96. The van der Waals surface area contributed by atoms with Crippen molar-refractivity contribution in [2.75, 3.05) is 6.61 Å². The van der Waals surface area contributed by atoms with Crippen LogP contribution in [0.1, 0.15) is 6.92 Å². The van der Waals surface area contributed by atoms with E-state index in [0.717, 1.165) is 6.07 Å². The van der Waals surface area contributed by atoms with Gasteiger partial charge >= 0.3 is 17.8 Å². The Kier molecular flexibility index (Phi) is 4.30. The molecule has 0 aromatic heterocycles. The first-order chi connectivity index (χ1) is 8.77. The molecule has 0 unspecified atom stereocenters. The summed E-state index contributed by atoms with van der Waals surface area (Å²) in [6.07, 6.45) is -4.31. The maximum atomic E-state index is 13.1. The summed E-state index contributed by atoms with van der Waals surface area (Å²) in [7, 11) is 0. The van der Waals surface area contributed by atoms with E-state index >= 15 is 0 Å². The molecule has 0 N–H and O–H groups in total. The normalized spacial score (nSPS) is 10.9. The van der Waals surface area contributed by atoms with Gasteiger partial charge in [0.1, 0.15) is 5.75 Å². The van der Waals surface area contributed by atoms with Gasteiger partial charge < -0.3 is 9.47 Å². The van der Waals surface area contributed by atoms with Crippen molar-refractivity contribution in [1.29, 1.82) is 0 Å². The third kappa shape index (κ3) is 3.57. The standard InChI is InChI=1S/C10H8F3NO5/c1-2-18-9(15)10(12,13)19-6-3-4-8(14(16)17)7(11)5-6/h3-5H,2H2,1H3. The Bertz CT molecular complexity index is 506. The zero-order valence-electron chi connectivity index (χ0n) is 9.56. The fourth-order valence-corrected chi connectivity index (χ4v) is 1.10. The van der Waals surface area contributed by atoms with Crippen LogP contribution < -0.4 is 4.74 Å². The third-order valence-electron chi connectivity index (χ3n) is 1.87. The molecule has 0 radical (unpaired) electrons. The lowest BCUT2D eigenvalue weighted by atomic mass is 10.3. The molecule has 0 aliphatic heterocycles. The molecule has 1 aromatic rings. The van der Waals surface area contributed by atoms with Crippen molar-refractivity contribution in [2.45, 2.75) is 13.0 Å². The molecule has 1 aromatic carbocycles. The summed E-state index contributed by atoms with van der Waals surface area (Å²) in [5.41, 5.74) is -0.896. The number of alkyl halides is 2. The predicted molar refractivity (Wildman–Crippen MR) is 55.3 cm³/mol. The van der Waals surface area contributed by atoms with E-state index in [0.29, 0.717) is 12.1 Å². The van der Waals surface area contributed by atoms with Crippen molar-refractivity contribution in [3.63, 3.8) is 0 Å². The van der Waals surface area contributed by atoms with Gasteiger partial charge in [-0.05, 0) is 13.0 Å². The Balaban J connectivity index is 2.91. The van der Waals surface area contributed by atoms with Gasteiger partial charge in [0, 0.05) is 12.1 Å². The number of nitro benzene ring substituents is 1. The van der Waals surface area contributed by atoms with E-state index in [2.05, 4.69) is 9.47 Å². The van der Waals surface area contributed by atoms with E-state index in [1.807, 2.05) is 0 Å². The maximum absolute atomic E-state index is 13.1. The average molecular weight is 279 g/mol.